The summed E-state index contributed by atoms with van der Waals surface area (Å²) in [5.74, 6) is 1.74. The maximum absolute atomic E-state index is 6.26. The largest absolute Gasteiger partial charge is 0.453 e. The van der Waals surface area contributed by atoms with Gasteiger partial charge in [0.25, 0.3) is 0 Å². The molecule has 0 atom stereocenters. The van der Waals surface area contributed by atoms with Crippen LogP contribution in [0.1, 0.15) is 0 Å². The molecule has 0 aromatic heterocycles. The second kappa shape index (κ2) is 6.49. The summed E-state index contributed by atoms with van der Waals surface area (Å²) in [4.78, 5) is 2.35. The molecule has 0 saturated carbocycles. The zero-order valence-corrected chi connectivity index (χ0v) is 18.3. The van der Waals surface area contributed by atoms with E-state index in [4.69, 9.17) is 4.74 Å². The lowest BCUT2D eigenvalue weighted by atomic mass is 9.89. The first-order valence-electron chi connectivity index (χ1n) is 11.6. The van der Waals surface area contributed by atoms with E-state index < -0.39 is 0 Å². The van der Waals surface area contributed by atoms with Crippen LogP contribution in [0.2, 0.25) is 0 Å². The number of benzene rings is 7. The Labute approximate surface area is 196 Å². The van der Waals surface area contributed by atoms with Crippen molar-refractivity contribution in [3.63, 3.8) is 0 Å². The first kappa shape index (κ1) is 17.9. The highest BCUT2D eigenvalue weighted by Crippen LogP contribution is 2.52. The third kappa shape index (κ3) is 2.24. The third-order valence-corrected chi connectivity index (χ3v) is 7.18. The molecule has 8 rings (SSSR count). The van der Waals surface area contributed by atoms with Crippen molar-refractivity contribution in [2.24, 2.45) is 0 Å². The monoisotopic (exact) mass is 433 g/mol. The highest BCUT2D eigenvalue weighted by atomic mass is 16.5. The Morgan fingerprint density at radius 3 is 1.59 bits per heavy atom. The Hall–Kier alpha value is -4.56. The molecule has 158 valence electrons. The van der Waals surface area contributed by atoms with Crippen molar-refractivity contribution < 1.29 is 4.74 Å². The predicted octanol–water partition coefficient (Wildman–Crippen LogP) is 9.31. The Kier molecular flexibility index (Phi) is 3.42. The van der Waals surface area contributed by atoms with E-state index in [-0.39, 0.29) is 0 Å². The van der Waals surface area contributed by atoms with E-state index in [9.17, 15) is 0 Å². The van der Waals surface area contributed by atoms with Crippen molar-refractivity contribution >= 4 is 60.2 Å². The molecule has 0 fully saturated rings. The van der Waals surface area contributed by atoms with Crippen LogP contribution in [0.5, 0.6) is 11.5 Å². The molecule has 7 aromatic carbocycles. The summed E-state index contributed by atoms with van der Waals surface area (Å²) in [5, 5.41) is 10.4. The van der Waals surface area contributed by atoms with Gasteiger partial charge in [-0.3, -0.25) is 0 Å². The Morgan fingerprint density at radius 1 is 0.382 bits per heavy atom. The lowest BCUT2D eigenvalue weighted by Gasteiger charge is -2.33. The highest BCUT2D eigenvalue weighted by molar-refractivity contribution is 6.34. The molecule has 2 heteroatoms. The summed E-state index contributed by atoms with van der Waals surface area (Å²) in [6, 6.07) is 41.1. The quantitative estimate of drug-likeness (QED) is 0.189. The van der Waals surface area contributed by atoms with E-state index in [1.165, 1.54) is 43.1 Å². The molecule has 7 aromatic rings. The molecule has 0 radical (unpaired) electrons. The number of nitrogens with zero attached hydrogens (tertiary/aromatic N) is 1. The number of hydrogen-bond donors (Lipinski definition) is 0. The van der Waals surface area contributed by atoms with Crippen molar-refractivity contribution in [2.45, 2.75) is 0 Å². The molecule has 0 N–H and O–H groups in total. The van der Waals surface area contributed by atoms with Crippen molar-refractivity contribution in [3.05, 3.63) is 115 Å². The van der Waals surface area contributed by atoms with E-state index in [0.717, 1.165) is 28.6 Å². The fourth-order valence-corrected chi connectivity index (χ4v) is 5.79. The normalized spacial score (nSPS) is 12.9. The van der Waals surface area contributed by atoms with Gasteiger partial charge in [0, 0.05) is 5.39 Å². The number of ether oxygens (including phenoxy) is 1. The maximum atomic E-state index is 6.26. The Bertz CT molecular complexity index is 1810. The number of para-hydroxylation sites is 4. The standard InChI is InChI=1S/C32H19NO/c1-3-16-29-27(14-1)33(28-15-2-4-17-30(28)34-29)26-19-18-24-22-11-6-9-20-8-5-10-21(31(20)22)23-12-7-13-25(26)32(23)24/h1-19H. The van der Waals surface area contributed by atoms with Gasteiger partial charge in [-0.1, -0.05) is 84.9 Å². The summed E-state index contributed by atoms with van der Waals surface area (Å²) in [5.41, 5.74) is 3.27. The lowest BCUT2D eigenvalue weighted by Crippen LogP contribution is -2.16. The minimum Gasteiger partial charge on any atom is -0.453 e. The van der Waals surface area contributed by atoms with Gasteiger partial charge in [0.1, 0.15) is 0 Å². The predicted molar refractivity (Wildman–Crippen MR) is 142 cm³/mol. The van der Waals surface area contributed by atoms with E-state index in [1.807, 2.05) is 24.3 Å². The van der Waals surface area contributed by atoms with Gasteiger partial charge in [-0.2, -0.15) is 0 Å². The smallest absolute Gasteiger partial charge is 0.151 e. The van der Waals surface area contributed by atoms with Crippen LogP contribution in [0.3, 0.4) is 0 Å². The minimum absolute atomic E-state index is 0.872. The average molecular weight is 434 g/mol. The first-order valence-corrected chi connectivity index (χ1v) is 11.6. The van der Waals surface area contributed by atoms with Gasteiger partial charge in [-0.05, 0) is 68.0 Å². The molecule has 1 aliphatic heterocycles. The molecule has 0 bridgehead atoms. The van der Waals surface area contributed by atoms with Crippen LogP contribution >= 0.6 is 0 Å². The fraction of sp³-hybridized carbons (Fsp3) is 0. The number of fused-ring (bicyclic) bond motifs is 4. The maximum Gasteiger partial charge on any atom is 0.151 e. The molecule has 0 amide bonds. The van der Waals surface area contributed by atoms with Crippen LogP contribution < -0.4 is 9.64 Å². The van der Waals surface area contributed by atoms with E-state index in [1.54, 1.807) is 0 Å². The fourth-order valence-electron chi connectivity index (χ4n) is 5.79. The summed E-state index contributed by atoms with van der Waals surface area (Å²) in [6.45, 7) is 0. The van der Waals surface area contributed by atoms with E-state index in [0.29, 0.717) is 0 Å². The second-order valence-corrected chi connectivity index (χ2v) is 8.94. The number of anilines is 3. The van der Waals surface area contributed by atoms with Gasteiger partial charge < -0.3 is 9.64 Å². The molecule has 0 unspecified atom stereocenters. The van der Waals surface area contributed by atoms with Gasteiger partial charge in [0.2, 0.25) is 0 Å². The minimum atomic E-state index is 0.872. The second-order valence-electron chi connectivity index (χ2n) is 8.94. The van der Waals surface area contributed by atoms with Crippen molar-refractivity contribution in [1.29, 1.82) is 0 Å². The lowest BCUT2D eigenvalue weighted by molar-refractivity contribution is 0.477. The first-order chi connectivity index (χ1) is 16.9. The van der Waals surface area contributed by atoms with Crippen LogP contribution in [-0.2, 0) is 0 Å². The molecule has 0 saturated heterocycles. The molecule has 1 heterocycles. The van der Waals surface area contributed by atoms with Crippen LogP contribution in [0, 0.1) is 0 Å². The van der Waals surface area contributed by atoms with Gasteiger partial charge in [0.05, 0.1) is 17.1 Å². The van der Waals surface area contributed by atoms with Gasteiger partial charge in [0.15, 0.2) is 11.5 Å². The van der Waals surface area contributed by atoms with E-state index in [2.05, 4.69) is 95.9 Å². The molecule has 0 spiro atoms. The van der Waals surface area contributed by atoms with Crippen molar-refractivity contribution in [1.82, 2.24) is 0 Å². The molecular formula is C32H19NO. The molecule has 0 aliphatic carbocycles. The summed E-state index contributed by atoms with van der Waals surface area (Å²) >= 11 is 0. The average Bonchev–Trinajstić information content (AvgIpc) is 2.90. The number of rotatable bonds is 1. The van der Waals surface area contributed by atoms with Crippen LogP contribution in [0.4, 0.5) is 17.1 Å². The highest BCUT2D eigenvalue weighted by Gasteiger charge is 2.27. The third-order valence-electron chi connectivity index (χ3n) is 7.18. The molecule has 34 heavy (non-hydrogen) atoms. The summed E-state index contributed by atoms with van der Waals surface area (Å²) < 4.78 is 6.26. The van der Waals surface area contributed by atoms with Crippen molar-refractivity contribution in [3.8, 4) is 11.5 Å². The Morgan fingerprint density at radius 2 is 0.912 bits per heavy atom. The summed E-state index contributed by atoms with van der Waals surface area (Å²) in [6.07, 6.45) is 0. The molecule has 1 aliphatic rings. The van der Waals surface area contributed by atoms with Gasteiger partial charge in [-0.25, -0.2) is 0 Å². The zero-order chi connectivity index (χ0) is 22.2. The topological polar surface area (TPSA) is 12.5 Å². The van der Waals surface area contributed by atoms with Gasteiger partial charge >= 0.3 is 0 Å². The summed E-state index contributed by atoms with van der Waals surface area (Å²) in [7, 11) is 0. The SMILES string of the molecule is c1ccc2c(c1)Oc1ccccc1N2c1ccc2c3cccc4cccc(c5cccc1c52)c43. The van der Waals surface area contributed by atoms with Crippen LogP contribution in [0.25, 0.3) is 43.1 Å². The van der Waals surface area contributed by atoms with Crippen molar-refractivity contribution in [2.75, 3.05) is 4.90 Å². The van der Waals surface area contributed by atoms with E-state index >= 15 is 0 Å². The van der Waals surface area contributed by atoms with Crippen LogP contribution in [0.15, 0.2) is 115 Å². The van der Waals surface area contributed by atoms with Gasteiger partial charge in [-0.15, -0.1) is 0 Å². The van der Waals surface area contributed by atoms with Crippen LogP contribution in [-0.4, -0.2) is 0 Å². The number of hydrogen-bond acceptors (Lipinski definition) is 2. The molecule has 2 nitrogen and oxygen atoms in total. The Balaban J connectivity index is 1.54. The molecular weight excluding hydrogens is 414 g/mol. The zero-order valence-electron chi connectivity index (χ0n) is 18.3.